The maximum Gasteiger partial charge on any atom is 0.171 e. The Morgan fingerprint density at radius 1 is 1.11 bits per heavy atom. The first-order chi connectivity index (χ1) is 12.9. The van der Waals surface area contributed by atoms with Crippen LogP contribution < -0.4 is 15.5 Å². The second kappa shape index (κ2) is 8.75. The molecule has 0 unspecified atom stereocenters. The molecular weight excluding hydrogens is 350 g/mol. The molecule has 27 heavy (non-hydrogen) atoms. The van der Waals surface area contributed by atoms with Crippen LogP contribution in [0.4, 0.5) is 11.4 Å². The van der Waals surface area contributed by atoms with Gasteiger partial charge in [0.1, 0.15) is 0 Å². The average Bonchev–Trinajstić information content (AvgIpc) is 2.65. The summed E-state index contributed by atoms with van der Waals surface area (Å²) >= 11 is 5.50. The Morgan fingerprint density at radius 3 is 2.52 bits per heavy atom. The highest BCUT2D eigenvalue weighted by Gasteiger charge is 2.17. The molecule has 1 saturated heterocycles. The van der Waals surface area contributed by atoms with Crippen LogP contribution in [-0.2, 0) is 0 Å². The summed E-state index contributed by atoms with van der Waals surface area (Å²) in [6.07, 6.45) is 2.64. The van der Waals surface area contributed by atoms with Gasteiger partial charge in [0.2, 0.25) is 0 Å². The van der Waals surface area contributed by atoms with Crippen LogP contribution in [0.2, 0.25) is 0 Å². The Hall–Kier alpha value is -2.07. The standard InChI is InChI=1S/C23H31N3S/c1-16-6-5-13-26(15-16)22-11-8-20(9-12-22)19(4)24-23(27)25-21-10-7-17(2)18(3)14-21/h7-12,14,16,19H,5-6,13,15H2,1-4H3,(H2,24,25,27)/t16-,19-/m1/s1. The summed E-state index contributed by atoms with van der Waals surface area (Å²) in [5.74, 6) is 0.785. The fourth-order valence-electron chi connectivity index (χ4n) is 3.66. The Balaban J connectivity index is 1.57. The third-order valence-corrected chi connectivity index (χ3v) is 5.75. The molecule has 2 aromatic rings. The number of hydrogen-bond acceptors (Lipinski definition) is 2. The summed E-state index contributed by atoms with van der Waals surface area (Å²) in [7, 11) is 0. The maximum absolute atomic E-state index is 5.50. The molecule has 2 aromatic carbocycles. The summed E-state index contributed by atoms with van der Waals surface area (Å²) in [6.45, 7) is 11.1. The van der Waals surface area contributed by atoms with E-state index in [4.69, 9.17) is 12.2 Å². The van der Waals surface area contributed by atoms with Gasteiger partial charge in [0.15, 0.2) is 5.11 Å². The molecule has 0 spiro atoms. The van der Waals surface area contributed by atoms with E-state index in [9.17, 15) is 0 Å². The topological polar surface area (TPSA) is 27.3 Å². The van der Waals surface area contributed by atoms with Crippen LogP contribution in [0.3, 0.4) is 0 Å². The molecule has 144 valence electrons. The summed E-state index contributed by atoms with van der Waals surface area (Å²) in [5.41, 5.74) is 6.15. The van der Waals surface area contributed by atoms with Gasteiger partial charge in [0.05, 0.1) is 6.04 Å². The minimum Gasteiger partial charge on any atom is -0.371 e. The molecule has 4 heteroatoms. The molecule has 0 bridgehead atoms. The SMILES string of the molecule is Cc1ccc(NC(=S)N[C@H](C)c2ccc(N3CCC[C@@H](C)C3)cc2)cc1C. The summed E-state index contributed by atoms with van der Waals surface area (Å²) < 4.78 is 0. The number of anilines is 2. The second-order valence-electron chi connectivity index (χ2n) is 7.90. The minimum absolute atomic E-state index is 0.158. The zero-order chi connectivity index (χ0) is 19.4. The number of benzene rings is 2. The predicted molar refractivity (Wildman–Crippen MR) is 121 cm³/mol. The Kier molecular flexibility index (Phi) is 6.38. The summed E-state index contributed by atoms with van der Waals surface area (Å²) in [6, 6.07) is 15.4. The normalized spacial score (nSPS) is 18.1. The van der Waals surface area contributed by atoms with Gasteiger partial charge in [0, 0.05) is 24.5 Å². The molecule has 0 saturated carbocycles. The van der Waals surface area contributed by atoms with Gasteiger partial charge in [-0.05, 0) is 92.7 Å². The maximum atomic E-state index is 5.50. The van der Waals surface area contributed by atoms with Crippen molar-refractivity contribution in [3.63, 3.8) is 0 Å². The van der Waals surface area contributed by atoms with Crippen molar-refractivity contribution in [2.45, 2.75) is 46.6 Å². The average molecular weight is 382 g/mol. The van der Waals surface area contributed by atoms with E-state index in [1.54, 1.807) is 0 Å². The number of piperidine rings is 1. The lowest BCUT2D eigenvalue weighted by atomic mass is 9.99. The lowest BCUT2D eigenvalue weighted by Crippen LogP contribution is -2.34. The van der Waals surface area contributed by atoms with E-state index in [1.165, 1.54) is 41.8 Å². The zero-order valence-corrected chi connectivity index (χ0v) is 17.7. The fraction of sp³-hybridized carbons (Fsp3) is 0.435. The van der Waals surface area contributed by atoms with Crippen LogP contribution in [0, 0.1) is 19.8 Å². The predicted octanol–water partition coefficient (Wildman–Crippen LogP) is 5.59. The molecule has 0 radical (unpaired) electrons. The first kappa shape index (κ1) is 19.7. The molecule has 0 aliphatic carbocycles. The van der Waals surface area contributed by atoms with Crippen LogP contribution in [0.5, 0.6) is 0 Å². The third-order valence-electron chi connectivity index (χ3n) is 5.53. The van der Waals surface area contributed by atoms with Crippen LogP contribution in [-0.4, -0.2) is 18.2 Å². The van der Waals surface area contributed by atoms with Gasteiger partial charge in [-0.25, -0.2) is 0 Å². The van der Waals surface area contributed by atoms with E-state index < -0.39 is 0 Å². The Labute approximate surface area is 169 Å². The minimum atomic E-state index is 0.158. The molecule has 1 heterocycles. The molecule has 2 N–H and O–H groups in total. The van der Waals surface area contributed by atoms with Crippen molar-refractivity contribution in [1.29, 1.82) is 0 Å². The molecule has 0 aromatic heterocycles. The van der Waals surface area contributed by atoms with Crippen molar-refractivity contribution < 1.29 is 0 Å². The largest absolute Gasteiger partial charge is 0.371 e. The van der Waals surface area contributed by atoms with Crippen molar-refractivity contribution in [3.8, 4) is 0 Å². The zero-order valence-electron chi connectivity index (χ0n) is 16.9. The van der Waals surface area contributed by atoms with Crippen LogP contribution in [0.25, 0.3) is 0 Å². The van der Waals surface area contributed by atoms with Crippen LogP contribution in [0.15, 0.2) is 42.5 Å². The van der Waals surface area contributed by atoms with Gasteiger partial charge >= 0.3 is 0 Å². The van der Waals surface area contributed by atoms with E-state index in [1.807, 2.05) is 0 Å². The van der Waals surface area contributed by atoms with E-state index in [2.05, 4.69) is 85.7 Å². The van der Waals surface area contributed by atoms with Crippen molar-refractivity contribution in [1.82, 2.24) is 5.32 Å². The van der Waals surface area contributed by atoms with E-state index in [0.717, 1.165) is 18.2 Å². The smallest absolute Gasteiger partial charge is 0.171 e. The molecule has 1 aliphatic rings. The second-order valence-corrected chi connectivity index (χ2v) is 8.31. The Bertz CT molecular complexity index is 785. The van der Waals surface area contributed by atoms with Gasteiger partial charge < -0.3 is 15.5 Å². The number of rotatable bonds is 4. The Morgan fingerprint density at radius 2 is 1.85 bits per heavy atom. The quantitative estimate of drug-likeness (QED) is 0.675. The highest BCUT2D eigenvalue weighted by molar-refractivity contribution is 7.80. The lowest BCUT2D eigenvalue weighted by molar-refractivity contribution is 0.447. The van der Waals surface area contributed by atoms with Gasteiger partial charge in [-0.3, -0.25) is 0 Å². The van der Waals surface area contributed by atoms with E-state index >= 15 is 0 Å². The highest BCUT2D eigenvalue weighted by Crippen LogP contribution is 2.24. The first-order valence-electron chi connectivity index (χ1n) is 9.92. The van der Waals surface area contributed by atoms with Crippen LogP contribution in [0.1, 0.15) is 49.4 Å². The molecule has 3 nitrogen and oxygen atoms in total. The summed E-state index contributed by atoms with van der Waals surface area (Å²) in [5, 5.41) is 7.33. The fourth-order valence-corrected chi connectivity index (χ4v) is 3.96. The van der Waals surface area contributed by atoms with E-state index in [-0.39, 0.29) is 6.04 Å². The molecule has 1 fully saturated rings. The molecule has 1 aliphatic heterocycles. The number of aryl methyl sites for hydroxylation is 2. The monoisotopic (exact) mass is 381 g/mol. The third kappa shape index (κ3) is 5.23. The van der Waals surface area contributed by atoms with Crippen molar-refractivity contribution in [3.05, 3.63) is 59.2 Å². The van der Waals surface area contributed by atoms with E-state index in [0.29, 0.717) is 5.11 Å². The molecule has 3 rings (SSSR count). The molecule has 2 atom stereocenters. The summed E-state index contributed by atoms with van der Waals surface area (Å²) in [4.78, 5) is 2.50. The van der Waals surface area contributed by atoms with Gasteiger partial charge in [0.25, 0.3) is 0 Å². The number of nitrogens with one attached hydrogen (secondary N) is 2. The molecule has 0 amide bonds. The highest BCUT2D eigenvalue weighted by atomic mass is 32.1. The molecular formula is C23H31N3S. The number of nitrogens with zero attached hydrogens (tertiary/aromatic N) is 1. The van der Waals surface area contributed by atoms with Crippen molar-refractivity contribution in [2.24, 2.45) is 5.92 Å². The van der Waals surface area contributed by atoms with Crippen molar-refractivity contribution in [2.75, 3.05) is 23.3 Å². The van der Waals surface area contributed by atoms with Gasteiger partial charge in [-0.1, -0.05) is 25.1 Å². The van der Waals surface area contributed by atoms with Crippen molar-refractivity contribution >= 4 is 28.7 Å². The van der Waals surface area contributed by atoms with Crippen LogP contribution >= 0.6 is 12.2 Å². The number of hydrogen-bond donors (Lipinski definition) is 2. The lowest BCUT2D eigenvalue weighted by Gasteiger charge is -2.33. The number of thiocarbonyl (C=S) groups is 1. The van der Waals surface area contributed by atoms with Gasteiger partial charge in [-0.15, -0.1) is 0 Å². The first-order valence-corrected chi connectivity index (χ1v) is 10.3. The van der Waals surface area contributed by atoms with Gasteiger partial charge in [-0.2, -0.15) is 0 Å².